The number of hydrogen-bond donors (Lipinski definition) is 0. The van der Waals surface area contributed by atoms with Crippen LogP contribution in [-0.4, -0.2) is 40.7 Å². The van der Waals surface area contributed by atoms with Gasteiger partial charge in [0.25, 0.3) is 0 Å². The summed E-state index contributed by atoms with van der Waals surface area (Å²) in [6, 6.07) is 10.2. The number of rotatable bonds is 1. The van der Waals surface area contributed by atoms with Gasteiger partial charge in [0, 0.05) is 18.5 Å². The van der Waals surface area contributed by atoms with E-state index in [9.17, 15) is 5.26 Å². The molecule has 3 aromatic rings. The van der Waals surface area contributed by atoms with Crippen LogP contribution in [0.4, 0.5) is 5.82 Å². The standard InChI is InChI=1S/C15H13N5O/c16-9-12-15-18-14(19-5-7-21-8-6-19)11-3-1-2-4-13(11)20(15)10-17-12/h1-4,10H,5-8H2. The molecule has 0 atom stereocenters. The maximum atomic E-state index is 9.20. The van der Waals surface area contributed by atoms with Crippen molar-refractivity contribution in [1.29, 1.82) is 5.26 Å². The van der Waals surface area contributed by atoms with E-state index >= 15 is 0 Å². The second-order valence-electron chi connectivity index (χ2n) is 4.95. The first kappa shape index (κ1) is 12.1. The van der Waals surface area contributed by atoms with Crippen LogP contribution in [0.25, 0.3) is 16.6 Å². The summed E-state index contributed by atoms with van der Waals surface area (Å²) in [5.74, 6) is 0.901. The van der Waals surface area contributed by atoms with Gasteiger partial charge in [-0.1, -0.05) is 12.1 Å². The third-order valence-electron chi connectivity index (χ3n) is 3.78. The lowest BCUT2D eigenvalue weighted by Crippen LogP contribution is -2.37. The van der Waals surface area contributed by atoms with E-state index in [0.29, 0.717) is 24.6 Å². The highest BCUT2D eigenvalue weighted by atomic mass is 16.5. The summed E-state index contributed by atoms with van der Waals surface area (Å²) >= 11 is 0. The lowest BCUT2D eigenvalue weighted by Gasteiger charge is -2.28. The number of imidazole rings is 1. The highest BCUT2D eigenvalue weighted by Crippen LogP contribution is 2.27. The zero-order valence-corrected chi connectivity index (χ0v) is 11.4. The fourth-order valence-corrected chi connectivity index (χ4v) is 2.75. The summed E-state index contributed by atoms with van der Waals surface area (Å²) in [7, 11) is 0. The van der Waals surface area contributed by atoms with Crippen molar-refractivity contribution < 1.29 is 4.74 Å². The van der Waals surface area contributed by atoms with Crippen LogP contribution in [0.3, 0.4) is 0 Å². The zero-order chi connectivity index (χ0) is 14.2. The molecule has 0 spiro atoms. The molecule has 1 aliphatic heterocycles. The second kappa shape index (κ2) is 4.72. The molecule has 3 heterocycles. The Balaban J connectivity index is 2.04. The van der Waals surface area contributed by atoms with Crippen LogP contribution in [-0.2, 0) is 4.74 Å². The van der Waals surface area contributed by atoms with Gasteiger partial charge in [-0.15, -0.1) is 0 Å². The molecule has 0 radical (unpaired) electrons. The number of nitrogens with zero attached hydrogens (tertiary/aromatic N) is 5. The monoisotopic (exact) mass is 279 g/mol. The SMILES string of the molecule is N#Cc1ncn2c1nc(N1CCOCC1)c1ccccc12. The molecule has 4 rings (SSSR count). The Morgan fingerprint density at radius 1 is 1.19 bits per heavy atom. The molecule has 1 fully saturated rings. The lowest BCUT2D eigenvalue weighted by atomic mass is 10.2. The van der Waals surface area contributed by atoms with E-state index in [-0.39, 0.29) is 0 Å². The Labute approximate surface area is 121 Å². The van der Waals surface area contributed by atoms with Crippen molar-refractivity contribution in [3.05, 3.63) is 36.3 Å². The van der Waals surface area contributed by atoms with Crippen molar-refractivity contribution >= 4 is 22.4 Å². The van der Waals surface area contributed by atoms with Gasteiger partial charge < -0.3 is 9.64 Å². The number of para-hydroxylation sites is 1. The third kappa shape index (κ3) is 1.82. The predicted octanol–water partition coefficient (Wildman–Crippen LogP) is 1.59. The maximum Gasteiger partial charge on any atom is 0.185 e. The number of aromatic nitrogens is 3. The minimum atomic E-state index is 0.357. The van der Waals surface area contributed by atoms with Gasteiger partial charge in [-0.3, -0.25) is 4.40 Å². The molecule has 0 unspecified atom stereocenters. The first-order valence-corrected chi connectivity index (χ1v) is 6.87. The maximum absolute atomic E-state index is 9.20. The Hall–Kier alpha value is -2.65. The fourth-order valence-electron chi connectivity index (χ4n) is 2.75. The van der Waals surface area contributed by atoms with Gasteiger partial charge in [-0.25, -0.2) is 9.97 Å². The van der Waals surface area contributed by atoms with Crippen LogP contribution >= 0.6 is 0 Å². The molecule has 0 amide bonds. The lowest BCUT2D eigenvalue weighted by molar-refractivity contribution is 0.122. The molecule has 104 valence electrons. The summed E-state index contributed by atoms with van der Waals surface area (Å²) < 4.78 is 7.28. The summed E-state index contributed by atoms with van der Waals surface area (Å²) in [6.45, 7) is 3.02. The molecule has 0 N–H and O–H groups in total. The molecule has 1 aliphatic rings. The van der Waals surface area contributed by atoms with Crippen LogP contribution in [0.2, 0.25) is 0 Å². The largest absolute Gasteiger partial charge is 0.378 e. The van der Waals surface area contributed by atoms with Crippen LogP contribution in [0.5, 0.6) is 0 Å². The number of benzene rings is 1. The van der Waals surface area contributed by atoms with Crippen molar-refractivity contribution in [3.63, 3.8) is 0 Å². The molecule has 0 bridgehead atoms. The predicted molar refractivity (Wildman–Crippen MR) is 78.2 cm³/mol. The molecule has 21 heavy (non-hydrogen) atoms. The molecule has 1 saturated heterocycles. The van der Waals surface area contributed by atoms with Gasteiger partial charge in [0.2, 0.25) is 0 Å². The number of morpholine rings is 1. The van der Waals surface area contributed by atoms with Gasteiger partial charge in [0.05, 0.1) is 18.7 Å². The molecule has 1 aromatic carbocycles. The van der Waals surface area contributed by atoms with Crippen LogP contribution < -0.4 is 4.90 Å². The van der Waals surface area contributed by atoms with Crippen LogP contribution in [0.1, 0.15) is 5.69 Å². The van der Waals surface area contributed by atoms with Gasteiger partial charge in [-0.2, -0.15) is 5.26 Å². The summed E-state index contributed by atoms with van der Waals surface area (Å²) in [5, 5.41) is 10.3. The van der Waals surface area contributed by atoms with Crippen molar-refractivity contribution in [2.24, 2.45) is 0 Å². The Morgan fingerprint density at radius 2 is 2.00 bits per heavy atom. The average Bonchev–Trinajstić information content (AvgIpc) is 2.98. The van der Waals surface area contributed by atoms with E-state index in [4.69, 9.17) is 9.72 Å². The van der Waals surface area contributed by atoms with Gasteiger partial charge in [0.1, 0.15) is 18.2 Å². The van der Waals surface area contributed by atoms with Crippen molar-refractivity contribution in [3.8, 4) is 6.07 Å². The fraction of sp³-hybridized carbons (Fsp3) is 0.267. The van der Waals surface area contributed by atoms with Crippen molar-refractivity contribution in [2.45, 2.75) is 0 Å². The second-order valence-corrected chi connectivity index (χ2v) is 4.95. The average molecular weight is 279 g/mol. The molecule has 6 heteroatoms. The van der Waals surface area contributed by atoms with Crippen LogP contribution in [0.15, 0.2) is 30.6 Å². The minimum Gasteiger partial charge on any atom is -0.378 e. The smallest absolute Gasteiger partial charge is 0.185 e. The number of hydrogen-bond acceptors (Lipinski definition) is 5. The third-order valence-corrected chi connectivity index (χ3v) is 3.78. The van der Waals surface area contributed by atoms with Crippen LogP contribution in [0, 0.1) is 11.3 Å². The van der Waals surface area contributed by atoms with Gasteiger partial charge in [-0.05, 0) is 12.1 Å². The highest BCUT2D eigenvalue weighted by Gasteiger charge is 2.18. The molecular weight excluding hydrogens is 266 g/mol. The normalized spacial score (nSPS) is 15.5. The van der Waals surface area contributed by atoms with E-state index < -0.39 is 0 Å². The molecule has 6 nitrogen and oxygen atoms in total. The number of anilines is 1. The van der Waals surface area contributed by atoms with Gasteiger partial charge >= 0.3 is 0 Å². The zero-order valence-electron chi connectivity index (χ0n) is 11.4. The number of fused-ring (bicyclic) bond motifs is 3. The van der Waals surface area contributed by atoms with E-state index in [1.54, 1.807) is 6.33 Å². The highest BCUT2D eigenvalue weighted by molar-refractivity contribution is 5.92. The topological polar surface area (TPSA) is 66.5 Å². The summed E-state index contributed by atoms with van der Waals surface area (Å²) in [6.07, 6.45) is 1.66. The Morgan fingerprint density at radius 3 is 2.81 bits per heavy atom. The van der Waals surface area contributed by atoms with Crippen molar-refractivity contribution in [1.82, 2.24) is 14.4 Å². The molecule has 2 aromatic heterocycles. The molecular formula is C15H13N5O. The Kier molecular flexibility index (Phi) is 2.72. The number of ether oxygens (including phenoxy) is 1. The molecule has 0 saturated carbocycles. The first-order valence-electron chi connectivity index (χ1n) is 6.87. The molecule has 0 aliphatic carbocycles. The summed E-state index contributed by atoms with van der Waals surface area (Å²) in [4.78, 5) is 11.1. The minimum absolute atomic E-state index is 0.357. The Bertz CT molecular complexity index is 857. The van der Waals surface area contributed by atoms with E-state index in [1.165, 1.54) is 0 Å². The summed E-state index contributed by atoms with van der Waals surface area (Å²) in [5.41, 5.74) is 1.98. The van der Waals surface area contributed by atoms with E-state index in [0.717, 1.165) is 29.8 Å². The number of nitriles is 1. The van der Waals surface area contributed by atoms with E-state index in [2.05, 4.69) is 22.0 Å². The van der Waals surface area contributed by atoms with Crippen molar-refractivity contribution in [2.75, 3.05) is 31.2 Å². The first-order chi connectivity index (χ1) is 10.4. The quantitative estimate of drug-likeness (QED) is 0.676. The van der Waals surface area contributed by atoms with Gasteiger partial charge in [0.15, 0.2) is 11.3 Å². The van der Waals surface area contributed by atoms with E-state index in [1.807, 2.05) is 22.6 Å².